The third-order valence-electron chi connectivity index (χ3n) is 4.27. The second kappa shape index (κ2) is 5.71. The number of nitrogens with zero attached hydrogens (tertiary/aromatic N) is 1. The van der Waals surface area contributed by atoms with Crippen molar-refractivity contribution in [3.63, 3.8) is 0 Å². The summed E-state index contributed by atoms with van der Waals surface area (Å²) < 4.78 is 5.64. The minimum Gasteiger partial charge on any atom is -0.423 e. The summed E-state index contributed by atoms with van der Waals surface area (Å²) in [4.78, 5) is 4.38. The zero-order chi connectivity index (χ0) is 13.9. The molecule has 1 heterocycles. The minimum atomic E-state index is 0.271. The van der Waals surface area contributed by atoms with E-state index in [1.165, 1.54) is 12.8 Å². The number of hydrogen-bond acceptors (Lipinski definition) is 5. The van der Waals surface area contributed by atoms with Crippen LogP contribution in [0, 0.1) is 11.8 Å². The van der Waals surface area contributed by atoms with Crippen LogP contribution >= 0.6 is 0 Å². The Labute approximate surface area is 118 Å². The molecule has 4 N–H and O–H groups in total. The van der Waals surface area contributed by atoms with Gasteiger partial charge < -0.3 is 20.6 Å². The van der Waals surface area contributed by atoms with Crippen molar-refractivity contribution in [2.75, 3.05) is 24.2 Å². The second-order valence-electron chi connectivity index (χ2n) is 5.58. The van der Waals surface area contributed by atoms with Crippen molar-refractivity contribution in [1.82, 2.24) is 4.98 Å². The minimum absolute atomic E-state index is 0.271. The Balaban J connectivity index is 1.68. The molecule has 1 aromatic carbocycles. The van der Waals surface area contributed by atoms with Crippen molar-refractivity contribution < 1.29 is 9.52 Å². The summed E-state index contributed by atoms with van der Waals surface area (Å²) in [5.74, 6) is 0.881. The number of oxazole rings is 1. The molecule has 1 aliphatic carbocycles. The molecule has 1 saturated carbocycles. The summed E-state index contributed by atoms with van der Waals surface area (Å²) in [5, 5.41) is 12.7. The molecule has 1 fully saturated rings. The van der Waals surface area contributed by atoms with Crippen LogP contribution < -0.4 is 11.1 Å². The molecule has 0 bridgehead atoms. The van der Waals surface area contributed by atoms with Gasteiger partial charge in [0.25, 0.3) is 6.01 Å². The molecule has 108 valence electrons. The Bertz CT molecular complexity index is 582. The average molecular weight is 275 g/mol. The average Bonchev–Trinajstić information content (AvgIpc) is 2.90. The van der Waals surface area contributed by atoms with Crippen molar-refractivity contribution in [2.24, 2.45) is 11.8 Å². The van der Waals surface area contributed by atoms with E-state index in [0.717, 1.165) is 19.4 Å². The summed E-state index contributed by atoms with van der Waals surface area (Å²) in [7, 11) is 0. The maximum Gasteiger partial charge on any atom is 0.295 e. The van der Waals surface area contributed by atoms with Gasteiger partial charge in [-0.2, -0.15) is 4.98 Å². The summed E-state index contributed by atoms with van der Waals surface area (Å²) in [6.45, 7) is 1.06. The Hall–Kier alpha value is -1.75. The van der Waals surface area contributed by atoms with E-state index in [9.17, 15) is 5.11 Å². The zero-order valence-electron chi connectivity index (χ0n) is 11.5. The number of benzene rings is 1. The van der Waals surface area contributed by atoms with Gasteiger partial charge in [-0.1, -0.05) is 18.9 Å². The molecule has 2 unspecified atom stereocenters. The van der Waals surface area contributed by atoms with Crippen LogP contribution in [0.25, 0.3) is 11.1 Å². The maximum atomic E-state index is 9.43. The molecule has 5 nitrogen and oxygen atoms in total. The molecule has 3 rings (SSSR count). The van der Waals surface area contributed by atoms with Gasteiger partial charge in [0.2, 0.25) is 0 Å². The summed E-state index contributed by atoms with van der Waals surface area (Å²) in [6, 6.07) is 6.05. The fraction of sp³-hybridized carbons (Fsp3) is 0.533. The SMILES string of the molecule is Nc1cccc2oc(NCC3CCCCC3CO)nc12. The van der Waals surface area contributed by atoms with E-state index in [2.05, 4.69) is 10.3 Å². The van der Waals surface area contributed by atoms with E-state index in [1.54, 1.807) is 0 Å². The standard InChI is InChI=1S/C15H21N3O2/c16-12-6-3-7-13-14(12)18-15(20-13)17-8-10-4-1-2-5-11(10)9-19/h3,6-7,10-11,19H,1-2,4-5,8-9,16H2,(H,17,18). The van der Waals surface area contributed by atoms with Gasteiger partial charge in [-0.05, 0) is 36.8 Å². The molecule has 0 saturated heterocycles. The fourth-order valence-corrected chi connectivity index (χ4v) is 3.06. The molecule has 1 aliphatic rings. The number of anilines is 2. The summed E-state index contributed by atoms with van der Waals surface area (Å²) in [6.07, 6.45) is 4.73. The lowest BCUT2D eigenvalue weighted by Crippen LogP contribution is -2.28. The van der Waals surface area contributed by atoms with Crippen molar-refractivity contribution in [3.8, 4) is 0 Å². The highest BCUT2D eigenvalue weighted by atomic mass is 16.4. The van der Waals surface area contributed by atoms with Gasteiger partial charge in [-0.25, -0.2) is 0 Å². The molecular formula is C15H21N3O2. The Morgan fingerprint density at radius 3 is 2.85 bits per heavy atom. The first-order valence-corrected chi connectivity index (χ1v) is 7.27. The summed E-state index contributed by atoms with van der Waals surface area (Å²) >= 11 is 0. The summed E-state index contributed by atoms with van der Waals surface area (Å²) in [5.41, 5.74) is 7.91. The lowest BCUT2D eigenvalue weighted by Gasteiger charge is -2.29. The molecule has 0 amide bonds. The number of rotatable bonds is 4. The third-order valence-corrected chi connectivity index (χ3v) is 4.27. The van der Waals surface area contributed by atoms with E-state index in [4.69, 9.17) is 10.2 Å². The highest BCUT2D eigenvalue weighted by Crippen LogP contribution is 2.30. The first-order chi connectivity index (χ1) is 9.78. The van der Waals surface area contributed by atoms with Gasteiger partial charge in [-0.15, -0.1) is 0 Å². The van der Waals surface area contributed by atoms with Crippen LogP contribution in [0.5, 0.6) is 0 Å². The van der Waals surface area contributed by atoms with Gasteiger partial charge in [-0.3, -0.25) is 0 Å². The predicted octanol–water partition coefficient (Wildman–Crippen LogP) is 2.62. The number of fused-ring (bicyclic) bond motifs is 1. The van der Waals surface area contributed by atoms with Crippen molar-refractivity contribution in [3.05, 3.63) is 18.2 Å². The number of aliphatic hydroxyl groups is 1. The molecule has 2 atom stereocenters. The van der Waals surface area contributed by atoms with Crippen LogP contribution in [-0.2, 0) is 0 Å². The van der Waals surface area contributed by atoms with Crippen LogP contribution in [0.2, 0.25) is 0 Å². The van der Waals surface area contributed by atoms with E-state index >= 15 is 0 Å². The van der Waals surface area contributed by atoms with Gasteiger partial charge in [0.1, 0.15) is 5.52 Å². The predicted molar refractivity (Wildman–Crippen MR) is 79.4 cm³/mol. The quantitative estimate of drug-likeness (QED) is 0.747. The Morgan fingerprint density at radius 1 is 1.30 bits per heavy atom. The van der Waals surface area contributed by atoms with Crippen LogP contribution in [0.1, 0.15) is 25.7 Å². The fourth-order valence-electron chi connectivity index (χ4n) is 3.06. The highest BCUT2D eigenvalue weighted by Gasteiger charge is 2.24. The van der Waals surface area contributed by atoms with Gasteiger partial charge in [0, 0.05) is 13.2 Å². The molecule has 0 aliphatic heterocycles. The number of para-hydroxylation sites is 1. The van der Waals surface area contributed by atoms with Gasteiger partial charge in [0.05, 0.1) is 5.69 Å². The van der Waals surface area contributed by atoms with E-state index in [0.29, 0.717) is 34.6 Å². The lowest BCUT2D eigenvalue weighted by molar-refractivity contribution is 0.140. The first kappa shape index (κ1) is 13.2. The van der Waals surface area contributed by atoms with Crippen molar-refractivity contribution in [1.29, 1.82) is 0 Å². The number of hydrogen-bond donors (Lipinski definition) is 3. The monoisotopic (exact) mass is 275 g/mol. The number of nitrogen functional groups attached to an aromatic ring is 1. The van der Waals surface area contributed by atoms with Crippen LogP contribution in [-0.4, -0.2) is 23.2 Å². The van der Waals surface area contributed by atoms with Gasteiger partial charge in [0.15, 0.2) is 5.58 Å². The zero-order valence-corrected chi connectivity index (χ0v) is 11.5. The molecule has 20 heavy (non-hydrogen) atoms. The largest absolute Gasteiger partial charge is 0.423 e. The second-order valence-corrected chi connectivity index (χ2v) is 5.58. The molecule has 0 spiro atoms. The van der Waals surface area contributed by atoms with Crippen molar-refractivity contribution >= 4 is 22.8 Å². The van der Waals surface area contributed by atoms with Crippen LogP contribution in [0.3, 0.4) is 0 Å². The third kappa shape index (κ3) is 2.58. The Morgan fingerprint density at radius 2 is 2.10 bits per heavy atom. The first-order valence-electron chi connectivity index (χ1n) is 7.27. The number of nitrogens with one attached hydrogen (secondary N) is 1. The smallest absolute Gasteiger partial charge is 0.295 e. The van der Waals surface area contributed by atoms with E-state index < -0.39 is 0 Å². The topological polar surface area (TPSA) is 84.3 Å². The maximum absolute atomic E-state index is 9.43. The highest BCUT2D eigenvalue weighted by molar-refractivity contribution is 5.86. The number of aromatic nitrogens is 1. The Kier molecular flexibility index (Phi) is 3.78. The molecular weight excluding hydrogens is 254 g/mol. The molecule has 1 aromatic heterocycles. The number of aliphatic hydroxyl groups excluding tert-OH is 1. The van der Waals surface area contributed by atoms with Crippen LogP contribution in [0.4, 0.5) is 11.7 Å². The normalized spacial score (nSPS) is 23.1. The lowest BCUT2D eigenvalue weighted by atomic mass is 9.80. The van der Waals surface area contributed by atoms with Crippen molar-refractivity contribution in [2.45, 2.75) is 25.7 Å². The molecule has 5 heteroatoms. The molecule has 0 radical (unpaired) electrons. The van der Waals surface area contributed by atoms with E-state index in [-0.39, 0.29) is 6.61 Å². The number of nitrogens with two attached hydrogens (primary N) is 1. The van der Waals surface area contributed by atoms with E-state index in [1.807, 2.05) is 18.2 Å². The van der Waals surface area contributed by atoms with Gasteiger partial charge >= 0.3 is 0 Å². The van der Waals surface area contributed by atoms with Crippen LogP contribution in [0.15, 0.2) is 22.6 Å². The molecule has 2 aromatic rings.